The molecule has 0 bridgehead atoms. The van der Waals surface area contributed by atoms with E-state index in [1.54, 1.807) is 12.1 Å². The predicted octanol–water partition coefficient (Wildman–Crippen LogP) is 3.90. The van der Waals surface area contributed by atoms with Crippen LogP contribution in [0.3, 0.4) is 0 Å². The summed E-state index contributed by atoms with van der Waals surface area (Å²) in [6, 6.07) is 6.43. The minimum atomic E-state index is -0.395. The average Bonchev–Trinajstić information content (AvgIpc) is 3.42. The third-order valence-corrected chi connectivity index (χ3v) is 5.67. The normalized spacial score (nSPS) is 23.7. The minimum Gasteiger partial charge on any atom is -0.478 e. The third-order valence-electron chi connectivity index (χ3n) is 5.37. The number of nitrogens with zero attached hydrogens (tertiary/aromatic N) is 3. The maximum atomic E-state index is 13.1. The second-order valence-electron chi connectivity index (χ2n) is 7.34. The molecule has 3 heterocycles. The van der Waals surface area contributed by atoms with Crippen LogP contribution in [0.5, 0.6) is 5.88 Å². The first-order valence-corrected chi connectivity index (χ1v) is 9.57. The van der Waals surface area contributed by atoms with E-state index >= 15 is 0 Å². The fraction of sp³-hybridized carbons (Fsp3) is 0.450. The van der Waals surface area contributed by atoms with Gasteiger partial charge in [0.1, 0.15) is 11.5 Å². The van der Waals surface area contributed by atoms with Crippen molar-refractivity contribution in [3.63, 3.8) is 0 Å². The number of amides is 1. The molecule has 2 aromatic rings. The Kier molecular flexibility index (Phi) is 5.00. The number of piperidine rings is 1. The second kappa shape index (κ2) is 7.43. The average molecular weight is 390 g/mol. The molecule has 0 N–H and O–H groups in total. The first-order chi connectivity index (χ1) is 13.0. The van der Waals surface area contributed by atoms with E-state index < -0.39 is 5.82 Å². The van der Waals surface area contributed by atoms with Gasteiger partial charge in [0.15, 0.2) is 0 Å². The van der Waals surface area contributed by atoms with Crippen LogP contribution in [-0.2, 0) is 0 Å². The molecule has 0 aromatic carbocycles. The first-order valence-electron chi connectivity index (χ1n) is 9.19. The van der Waals surface area contributed by atoms with Gasteiger partial charge in [-0.05, 0) is 49.8 Å². The van der Waals surface area contributed by atoms with Gasteiger partial charge in [-0.15, -0.1) is 0 Å². The topological polar surface area (TPSA) is 55.3 Å². The molecule has 1 aliphatic carbocycles. The number of carbonyl (C=O) groups is 1. The van der Waals surface area contributed by atoms with E-state index in [1.807, 2.05) is 11.8 Å². The van der Waals surface area contributed by atoms with E-state index in [0.29, 0.717) is 41.5 Å². The number of likely N-dealkylation sites (tertiary alicyclic amines) is 1. The zero-order valence-electron chi connectivity index (χ0n) is 15.1. The summed E-state index contributed by atoms with van der Waals surface area (Å²) in [6.07, 6.45) is 3.97. The lowest BCUT2D eigenvalue weighted by Crippen LogP contribution is -2.45. The van der Waals surface area contributed by atoms with Gasteiger partial charge >= 0.3 is 0 Å². The van der Waals surface area contributed by atoms with Crippen LogP contribution in [0.25, 0.3) is 0 Å². The molecule has 0 radical (unpaired) electrons. The molecular formula is C20H21ClFN3O2. The summed E-state index contributed by atoms with van der Waals surface area (Å²) in [4.78, 5) is 23.3. The van der Waals surface area contributed by atoms with Crippen LogP contribution < -0.4 is 4.74 Å². The van der Waals surface area contributed by atoms with Crippen molar-refractivity contribution < 1.29 is 13.9 Å². The summed E-state index contributed by atoms with van der Waals surface area (Å²) in [6.45, 7) is 3.01. The number of rotatable bonds is 5. The highest BCUT2D eigenvalue weighted by Gasteiger charge is 2.47. The minimum absolute atomic E-state index is 0.0834. The van der Waals surface area contributed by atoms with Gasteiger partial charge < -0.3 is 9.64 Å². The van der Waals surface area contributed by atoms with Crippen LogP contribution in [0.2, 0.25) is 5.02 Å². The molecule has 2 aromatic heterocycles. The standard InChI is InChI=1S/C20H21ClFN3O2/c1-12-2-4-17(21)19(24-12)20(26)25-11-14-8-13(14)9-16(25)6-7-27-18-5-3-15(22)10-23-18/h2-5,10,13-14,16H,6-9,11H2,1H3. The molecule has 27 heavy (non-hydrogen) atoms. The van der Waals surface area contributed by atoms with Crippen LogP contribution >= 0.6 is 11.6 Å². The molecular weight excluding hydrogens is 369 g/mol. The Balaban J connectivity index is 1.44. The predicted molar refractivity (Wildman–Crippen MR) is 99.3 cm³/mol. The van der Waals surface area contributed by atoms with Gasteiger partial charge in [-0.25, -0.2) is 14.4 Å². The van der Waals surface area contributed by atoms with Gasteiger partial charge in [0.2, 0.25) is 5.88 Å². The van der Waals surface area contributed by atoms with Crippen molar-refractivity contribution in [2.24, 2.45) is 11.8 Å². The molecule has 7 heteroatoms. The summed E-state index contributed by atoms with van der Waals surface area (Å²) < 4.78 is 18.6. The lowest BCUT2D eigenvalue weighted by molar-refractivity contribution is 0.0559. The lowest BCUT2D eigenvalue weighted by Gasteiger charge is -2.35. The molecule has 142 valence electrons. The van der Waals surface area contributed by atoms with Crippen molar-refractivity contribution >= 4 is 17.5 Å². The molecule has 1 amide bonds. The first kappa shape index (κ1) is 18.2. The monoisotopic (exact) mass is 389 g/mol. The SMILES string of the molecule is Cc1ccc(Cl)c(C(=O)N2CC3CC3CC2CCOc2ccc(F)cn2)n1. The summed E-state index contributed by atoms with van der Waals surface area (Å²) in [5.74, 6) is 1.17. The number of carbonyl (C=O) groups excluding carboxylic acids is 1. The molecule has 2 fully saturated rings. The summed E-state index contributed by atoms with van der Waals surface area (Å²) in [5.41, 5.74) is 1.09. The van der Waals surface area contributed by atoms with E-state index in [-0.39, 0.29) is 11.9 Å². The highest BCUT2D eigenvalue weighted by atomic mass is 35.5. The second-order valence-corrected chi connectivity index (χ2v) is 7.74. The van der Waals surface area contributed by atoms with Gasteiger partial charge in [0, 0.05) is 30.8 Å². The number of pyridine rings is 2. The quantitative estimate of drug-likeness (QED) is 0.778. The van der Waals surface area contributed by atoms with E-state index in [0.717, 1.165) is 24.9 Å². The van der Waals surface area contributed by atoms with Gasteiger partial charge in [-0.1, -0.05) is 11.6 Å². The number of aromatic nitrogens is 2. The van der Waals surface area contributed by atoms with E-state index in [9.17, 15) is 9.18 Å². The Morgan fingerprint density at radius 1 is 1.30 bits per heavy atom. The Bertz CT molecular complexity index is 846. The highest BCUT2D eigenvalue weighted by molar-refractivity contribution is 6.33. The molecule has 1 aliphatic heterocycles. The van der Waals surface area contributed by atoms with Crippen molar-refractivity contribution in [3.8, 4) is 5.88 Å². The molecule has 1 saturated carbocycles. The molecule has 5 nitrogen and oxygen atoms in total. The number of hydrogen-bond acceptors (Lipinski definition) is 4. The Morgan fingerprint density at radius 3 is 2.93 bits per heavy atom. The Labute approximate surface area is 162 Å². The van der Waals surface area contributed by atoms with Crippen molar-refractivity contribution in [3.05, 3.63) is 52.7 Å². The van der Waals surface area contributed by atoms with Crippen LogP contribution in [0.15, 0.2) is 30.5 Å². The van der Waals surface area contributed by atoms with Crippen molar-refractivity contribution in [1.29, 1.82) is 0 Å². The summed E-state index contributed by atoms with van der Waals surface area (Å²) in [5, 5.41) is 0.383. The Hall–Kier alpha value is -2.21. The fourth-order valence-corrected chi connectivity index (χ4v) is 3.98. The van der Waals surface area contributed by atoms with Crippen LogP contribution in [0.1, 0.15) is 35.4 Å². The van der Waals surface area contributed by atoms with Crippen LogP contribution in [-0.4, -0.2) is 40.0 Å². The number of halogens is 2. The van der Waals surface area contributed by atoms with E-state index in [1.165, 1.54) is 18.6 Å². The molecule has 2 aliphatic rings. The molecule has 1 saturated heterocycles. The van der Waals surface area contributed by atoms with Gasteiger partial charge in [0.25, 0.3) is 5.91 Å². The van der Waals surface area contributed by atoms with Gasteiger partial charge in [-0.2, -0.15) is 0 Å². The molecule has 3 unspecified atom stereocenters. The smallest absolute Gasteiger partial charge is 0.274 e. The largest absolute Gasteiger partial charge is 0.478 e. The Morgan fingerprint density at radius 2 is 2.15 bits per heavy atom. The van der Waals surface area contributed by atoms with Crippen molar-refractivity contribution in [1.82, 2.24) is 14.9 Å². The number of aryl methyl sites for hydroxylation is 1. The fourth-order valence-electron chi connectivity index (χ4n) is 3.80. The molecule has 3 atom stereocenters. The van der Waals surface area contributed by atoms with Gasteiger partial charge in [-0.3, -0.25) is 4.79 Å². The number of ether oxygens (including phenoxy) is 1. The van der Waals surface area contributed by atoms with Crippen LogP contribution in [0, 0.1) is 24.6 Å². The van der Waals surface area contributed by atoms with Crippen LogP contribution in [0.4, 0.5) is 4.39 Å². The summed E-state index contributed by atoms with van der Waals surface area (Å²) >= 11 is 6.23. The van der Waals surface area contributed by atoms with Gasteiger partial charge in [0.05, 0.1) is 17.8 Å². The van der Waals surface area contributed by atoms with Crippen molar-refractivity contribution in [2.75, 3.05) is 13.2 Å². The third kappa shape index (κ3) is 4.05. The number of hydrogen-bond donors (Lipinski definition) is 0. The summed E-state index contributed by atoms with van der Waals surface area (Å²) in [7, 11) is 0. The molecule has 4 rings (SSSR count). The van der Waals surface area contributed by atoms with E-state index in [2.05, 4.69) is 9.97 Å². The van der Waals surface area contributed by atoms with Crippen molar-refractivity contribution in [2.45, 2.75) is 32.2 Å². The van der Waals surface area contributed by atoms with E-state index in [4.69, 9.17) is 16.3 Å². The maximum Gasteiger partial charge on any atom is 0.274 e. The maximum absolute atomic E-state index is 13.1. The zero-order valence-corrected chi connectivity index (χ0v) is 15.8. The highest BCUT2D eigenvalue weighted by Crippen LogP contribution is 2.48. The lowest BCUT2D eigenvalue weighted by atomic mass is 9.99. The zero-order chi connectivity index (χ0) is 19.0. The molecule has 0 spiro atoms. The number of fused-ring (bicyclic) bond motifs is 1.